The number of hydrogen-bond donors (Lipinski definition) is 2. The van der Waals surface area contributed by atoms with Crippen molar-refractivity contribution in [1.82, 2.24) is 10.6 Å². The first-order chi connectivity index (χ1) is 8.16. The molecule has 1 aliphatic carbocycles. The lowest BCUT2D eigenvalue weighted by Crippen LogP contribution is -2.47. The molecular formula is C14H20N2O. The van der Waals surface area contributed by atoms with E-state index in [1.165, 1.54) is 30.4 Å². The lowest BCUT2D eigenvalue weighted by molar-refractivity contribution is 0.216. The third kappa shape index (κ3) is 2.43. The van der Waals surface area contributed by atoms with Gasteiger partial charge in [0, 0.05) is 19.0 Å². The summed E-state index contributed by atoms with van der Waals surface area (Å²) < 4.78 is 0. The number of benzene rings is 1. The molecule has 0 radical (unpaired) electrons. The largest absolute Gasteiger partial charge is 0.341 e. The van der Waals surface area contributed by atoms with Crippen LogP contribution in [-0.2, 0) is 5.41 Å². The first kappa shape index (κ1) is 12.0. The van der Waals surface area contributed by atoms with E-state index >= 15 is 0 Å². The molecule has 0 saturated heterocycles. The Kier molecular flexibility index (Phi) is 3.36. The molecule has 3 nitrogen and oxygen atoms in total. The van der Waals surface area contributed by atoms with Crippen LogP contribution in [0.3, 0.4) is 0 Å². The quantitative estimate of drug-likeness (QED) is 0.825. The SMILES string of the molecule is CNC(=O)NCC1(c2ccc(C)cc2)CCC1. The van der Waals surface area contributed by atoms with Crippen LogP contribution < -0.4 is 10.6 Å². The molecule has 2 rings (SSSR count). The Morgan fingerprint density at radius 3 is 2.41 bits per heavy atom. The molecule has 0 atom stereocenters. The monoisotopic (exact) mass is 232 g/mol. The summed E-state index contributed by atoms with van der Waals surface area (Å²) in [6, 6.07) is 8.59. The topological polar surface area (TPSA) is 41.1 Å². The van der Waals surface area contributed by atoms with Crippen LogP contribution in [0.2, 0.25) is 0 Å². The Morgan fingerprint density at radius 1 is 1.29 bits per heavy atom. The van der Waals surface area contributed by atoms with Crippen LogP contribution in [0.25, 0.3) is 0 Å². The molecule has 1 saturated carbocycles. The zero-order chi connectivity index (χ0) is 12.3. The fraction of sp³-hybridized carbons (Fsp3) is 0.500. The second kappa shape index (κ2) is 4.78. The van der Waals surface area contributed by atoms with E-state index in [9.17, 15) is 4.79 Å². The van der Waals surface area contributed by atoms with E-state index in [2.05, 4.69) is 41.8 Å². The first-order valence-corrected chi connectivity index (χ1v) is 6.19. The Balaban J connectivity index is 2.08. The number of carbonyl (C=O) groups is 1. The first-order valence-electron chi connectivity index (χ1n) is 6.19. The maximum absolute atomic E-state index is 11.3. The zero-order valence-corrected chi connectivity index (χ0v) is 10.5. The summed E-state index contributed by atoms with van der Waals surface area (Å²) in [5.74, 6) is 0. The van der Waals surface area contributed by atoms with Crippen molar-refractivity contribution in [3.8, 4) is 0 Å². The summed E-state index contributed by atoms with van der Waals surface area (Å²) in [5, 5.41) is 5.53. The average molecular weight is 232 g/mol. The van der Waals surface area contributed by atoms with Crippen molar-refractivity contribution >= 4 is 6.03 Å². The molecule has 0 heterocycles. The van der Waals surface area contributed by atoms with Gasteiger partial charge in [-0.2, -0.15) is 0 Å². The van der Waals surface area contributed by atoms with Gasteiger partial charge in [0.1, 0.15) is 0 Å². The van der Waals surface area contributed by atoms with E-state index < -0.39 is 0 Å². The third-order valence-electron chi connectivity index (χ3n) is 3.79. The lowest BCUT2D eigenvalue weighted by atomic mass is 9.64. The minimum Gasteiger partial charge on any atom is -0.341 e. The molecule has 1 aromatic carbocycles. The molecule has 0 aliphatic heterocycles. The van der Waals surface area contributed by atoms with Crippen LogP contribution in [0.5, 0.6) is 0 Å². The van der Waals surface area contributed by atoms with Crippen molar-refractivity contribution in [3.05, 3.63) is 35.4 Å². The van der Waals surface area contributed by atoms with Crippen molar-refractivity contribution in [2.45, 2.75) is 31.6 Å². The lowest BCUT2D eigenvalue weighted by Gasteiger charge is -2.42. The summed E-state index contributed by atoms with van der Waals surface area (Å²) >= 11 is 0. The molecule has 1 fully saturated rings. The summed E-state index contributed by atoms with van der Waals surface area (Å²) in [7, 11) is 1.65. The predicted molar refractivity (Wildman–Crippen MR) is 69.2 cm³/mol. The zero-order valence-electron chi connectivity index (χ0n) is 10.5. The predicted octanol–water partition coefficient (Wildman–Crippen LogP) is 2.35. The molecule has 3 heteroatoms. The van der Waals surface area contributed by atoms with Gasteiger partial charge in [0.05, 0.1) is 0 Å². The van der Waals surface area contributed by atoms with Gasteiger partial charge in [-0.15, -0.1) is 0 Å². The van der Waals surface area contributed by atoms with Gasteiger partial charge in [-0.3, -0.25) is 0 Å². The highest BCUT2D eigenvalue weighted by atomic mass is 16.2. The van der Waals surface area contributed by atoms with Gasteiger partial charge in [-0.25, -0.2) is 4.79 Å². The smallest absolute Gasteiger partial charge is 0.314 e. The van der Waals surface area contributed by atoms with Crippen LogP contribution in [-0.4, -0.2) is 19.6 Å². The third-order valence-corrected chi connectivity index (χ3v) is 3.79. The van der Waals surface area contributed by atoms with Gasteiger partial charge >= 0.3 is 6.03 Å². The van der Waals surface area contributed by atoms with Crippen molar-refractivity contribution < 1.29 is 4.79 Å². The summed E-state index contributed by atoms with van der Waals surface area (Å²) in [6.45, 7) is 2.83. The summed E-state index contributed by atoms with van der Waals surface area (Å²) in [4.78, 5) is 11.3. The molecule has 0 aromatic heterocycles. The van der Waals surface area contributed by atoms with E-state index in [4.69, 9.17) is 0 Å². The van der Waals surface area contributed by atoms with E-state index in [0.717, 1.165) is 6.54 Å². The van der Waals surface area contributed by atoms with Gasteiger partial charge in [-0.1, -0.05) is 36.2 Å². The second-order valence-corrected chi connectivity index (χ2v) is 4.93. The standard InChI is InChI=1S/C14H20N2O/c1-11-4-6-12(7-5-11)14(8-3-9-14)10-16-13(17)15-2/h4-7H,3,8-10H2,1-2H3,(H2,15,16,17). The van der Waals surface area contributed by atoms with Crippen LogP contribution in [0.4, 0.5) is 4.79 Å². The van der Waals surface area contributed by atoms with Gasteiger partial charge in [0.15, 0.2) is 0 Å². The van der Waals surface area contributed by atoms with Gasteiger partial charge in [0.2, 0.25) is 0 Å². The average Bonchev–Trinajstić information content (AvgIpc) is 2.29. The molecule has 0 spiro atoms. The van der Waals surface area contributed by atoms with Crippen molar-refractivity contribution in [2.75, 3.05) is 13.6 Å². The Labute approximate surface area is 103 Å². The van der Waals surface area contributed by atoms with Crippen molar-refractivity contribution in [2.24, 2.45) is 0 Å². The maximum atomic E-state index is 11.3. The van der Waals surface area contributed by atoms with Crippen LogP contribution >= 0.6 is 0 Å². The number of hydrogen-bond acceptors (Lipinski definition) is 1. The number of urea groups is 1. The molecule has 2 amide bonds. The Morgan fingerprint density at radius 2 is 1.94 bits per heavy atom. The van der Waals surface area contributed by atoms with E-state index in [1.807, 2.05) is 0 Å². The Bertz CT molecular complexity index is 393. The molecule has 92 valence electrons. The fourth-order valence-electron chi connectivity index (χ4n) is 2.42. The Hall–Kier alpha value is -1.51. The number of carbonyl (C=O) groups excluding carboxylic acids is 1. The molecule has 17 heavy (non-hydrogen) atoms. The highest BCUT2D eigenvalue weighted by molar-refractivity contribution is 5.73. The minimum atomic E-state index is -0.0941. The molecule has 0 bridgehead atoms. The van der Waals surface area contributed by atoms with E-state index in [0.29, 0.717) is 0 Å². The van der Waals surface area contributed by atoms with Crippen molar-refractivity contribution in [3.63, 3.8) is 0 Å². The molecular weight excluding hydrogens is 212 g/mol. The highest BCUT2D eigenvalue weighted by Crippen LogP contribution is 2.43. The van der Waals surface area contributed by atoms with Gasteiger partial charge in [-0.05, 0) is 25.3 Å². The van der Waals surface area contributed by atoms with Crippen molar-refractivity contribution in [1.29, 1.82) is 0 Å². The number of aryl methyl sites for hydroxylation is 1. The minimum absolute atomic E-state index is 0.0941. The number of amides is 2. The van der Waals surface area contributed by atoms with Crippen LogP contribution in [0, 0.1) is 6.92 Å². The molecule has 1 aliphatic rings. The van der Waals surface area contributed by atoms with Gasteiger partial charge < -0.3 is 10.6 Å². The van der Waals surface area contributed by atoms with Gasteiger partial charge in [0.25, 0.3) is 0 Å². The summed E-state index contributed by atoms with van der Waals surface area (Å²) in [6.07, 6.45) is 3.59. The molecule has 1 aromatic rings. The van der Waals surface area contributed by atoms with E-state index in [-0.39, 0.29) is 11.4 Å². The highest BCUT2D eigenvalue weighted by Gasteiger charge is 2.38. The summed E-state index contributed by atoms with van der Waals surface area (Å²) in [5.41, 5.74) is 2.80. The normalized spacial score (nSPS) is 17.1. The fourth-order valence-corrected chi connectivity index (χ4v) is 2.42. The van der Waals surface area contributed by atoms with E-state index in [1.54, 1.807) is 7.05 Å². The number of nitrogens with one attached hydrogen (secondary N) is 2. The van der Waals surface area contributed by atoms with Crippen LogP contribution in [0.15, 0.2) is 24.3 Å². The maximum Gasteiger partial charge on any atom is 0.314 e. The molecule has 2 N–H and O–H groups in total. The number of rotatable bonds is 3. The second-order valence-electron chi connectivity index (χ2n) is 4.93. The van der Waals surface area contributed by atoms with Crippen LogP contribution in [0.1, 0.15) is 30.4 Å². The molecule has 0 unspecified atom stereocenters.